The predicted molar refractivity (Wildman–Crippen MR) is 440 cm³/mol. The highest BCUT2D eigenvalue weighted by Crippen LogP contribution is 2.43. The van der Waals surface area contributed by atoms with Crippen LogP contribution >= 0.6 is 0 Å². The minimum absolute atomic E-state index is 0.0287. The van der Waals surface area contributed by atoms with E-state index in [2.05, 4.69) is 27.7 Å². The molecule has 0 aliphatic heterocycles. The van der Waals surface area contributed by atoms with Gasteiger partial charge in [0.25, 0.3) is 0 Å². The van der Waals surface area contributed by atoms with Crippen LogP contribution in [0.4, 0.5) is 0 Å². The summed E-state index contributed by atoms with van der Waals surface area (Å²) in [6.45, 7) is 14.8. The lowest BCUT2D eigenvalue weighted by molar-refractivity contribution is -0.194. The van der Waals surface area contributed by atoms with Crippen molar-refractivity contribution in [1.29, 1.82) is 0 Å². The number of unbranched alkanes of at least 4 members (excludes halogenated alkanes) is 36. The lowest BCUT2D eigenvalue weighted by atomic mass is 9.70. The third kappa shape index (κ3) is 40.6. The Morgan fingerprint density at radius 3 is 0.745 bits per heavy atom. The van der Waals surface area contributed by atoms with E-state index < -0.39 is 0 Å². The molecule has 0 radical (unpaired) electrons. The van der Waals surface area contributed by atoms with Crippen LogP contribution in [0.15, 0.2) is 0 Å². The monoisotopic (exact) mass is 1490 g/mol. The fraction of sp³-hybridized carbons (Fsp3) is 0.979. The van der Waals surface area contributed by atoms with E-state index in [1.54, 1.807) is 0 Å². The van der Waals surface area contributed by atoms with Gasteiger partial charge in [-0.3, -0.25) is 9.59 Å². The molecule has 7 fully saturated rings. The first-order chi connectivity index (χ1) is 52.3. The van der Waals surface area contributed by atoms with Gasteiger partial charge in [-0.25, -0.2) is 0 Å². The highest BCUT2D eigenvalue weighted by Gasteiger charge is 2.46. The van der Waals surface area contributed by atoms with Gasteiger partial charge in [0.1, 0.15) is 18.3 Å². The van der Waals surface area contributed by atoms with E-state index in [0.29, 0.717) is 86.7 Å². The van der Waals surface area contributed by atoms with Crippen LogP contribution in [0.5, 0.6) is 0 Å². The van der Waals surface area contributed by atoms with Gasteiger partial charge < -0.3 is 42.6 Å². The molecule has 2 atom stereocenters. The van der Waals surface area contributed by atoms with Gasteiger partial charge in [-0.1, -0.05) is 259 Å². The summed E-state index contributed by atoms with van der Waals surface area (Å²) in [6, 6.07) is 0. The molecule has 0 heterocycles. The number of hydrogen-bond acceptors (Lipinski definition) is 11. The van der Waals surface area contributed by atoms with Gasteiger partial charge in [-0.2, -0.15) is 0 Å². The smallest absolute Gasteiger partial charge is 0.309 e. The van der Waals surface area contributed by atoms with Crippen molar-refractivity contribution in [2.45, 2.75) is 506 Å². The van der Waals surface area contributed by atoms with Crippen LogP contribution in [0.3, 0.4) is 0 Å². The molecule has 620 valence electrons. The zero-order chi connectivity index (χ0) is 74.4. The number of rotatable bonds is 62. The third-order valence-electron chi connectivity index (χ3n) is 27.2. The summed E-state index contributed by atoms with van der Waals surface area (Å²) in [6.07, 6.45) is 81.2. The summed E-state index contributed by atoms with van der Waals surface area (Å²) in [7, 11) is 0. The summed E-state index contributed by atoms with van der Waals surface area (Å²) in [4.78, 5) is 28.5. The maximum atomic E-state index is 14.9. The van der Waals surface area contributed by atoms with Crippen LogP contribution in [-0.4, -0.2) is 113 Å². The average molecular weight is 1490 g/mol. The summed E-state index contributed by atoms with van der Waals surface area (Å²) in [5.74, 6) is 2.42. The van der Waals surface area contributed by atoms with Crippen LogP contribution in [-0.2, 0) is 52.2 Å². The van der Waals surface area contributed by atoms with Crippen molar-refractivity contribution in [3.05, 3.63) is 0 Å². The second-order valence-electron chi connectivity index (χ2n) is 36.3. The SMILES string of the molecule is CCCCCCCCCCCCOC1CCC(COC2CC(C(=O)OC3CCC(C4CCC(C(=O)OC5CCC(OCCCCCCCCCCCC)CC5)CC4)CC3)CC(OCC3CCC(OCCCCCCCCCCCC)CC3)C2OCC2CCC(OCCCCCCCCCCCC)CC2)CC1. The zero-order valence-electron chi connectivity index (χ0n) is 70.3. The van der Waals surface area contributed by atoms with E-state index in [1.807, 2.05) is 0 Å². The zero-order valence-corrected chi connectivity index (χ0v) is 70.3. The van der Waals surface area contributed by atoms with Crippen molar-refractivity contribution < 1.29 is 52.2 Å². The fourth-order valence-electron chi connectivity index (χ4n) is 19.8. The van der Waals surface area contributed by atoms with Crippen LogP contribution in [0.1, 0.15) is 451 Å². The van der Waals surface area contributed by atoms with Crippen molar-refractivity contribution >= 4 is 11.9 Å². The summed E-state index contributed by atoms with van der Waals surface area (Å²) < 4.78 is 60.7. The van der Waals surface area contributed by atoms with Gasteiger partial charge in [0.15, 0.2) is 0 Å². The first-order valence-corrected chi connectivity index (χ1v) is 48.0. The number of carbonyl (C=O) groups excluding carboxylic acids is 2. The molecule has 0 aromatic rings. The first kappa shape index (κ1) is 91.8. The Hall–Kier alpha value is -1.34. The first-order valence-electron chi connectivity index (χ1n) is 48.0. The van der Waals surface area contributed by atoms with Crippen molar-refractivity contribution in [2.75, 3.05) is 46.2 Å². The Balaban J connectivity index is 0.875. The van der Waals surface area contributed by atoms with E-state index in [1.165, 1.54) is 257 Å². The minimum atomic E-state index is -0.293. The predicted octanol–water partition coefficient (Wildman–Crippen LogP) is 26.7. The fourth-order valence-corrected chi connectivity index (χ4v) is 19.8. The maximum Gasteiger partial charge on any atom is 0.309 e. The molecule has 7 aliphatic carbocycles. The Labute approximate surface area is 654 Å². The highest BCUT2D eigenvalue weighted by atomic mass is 16.6. The Morgan fingerprint density at radius 2 is 0.453 bits per heavy atom. The van der Waals surface area contributed by atoms with E-state index in [-0.39, 0.29) is 54.3 Å². The van der Waals surface area contributed by atoms with Crippen molar-refractivity contribution in [1.82, 2.24) is 0 Å². The van der Waals surface area contributed by atoms with Crippen LogP contribution in [0.2, 0.25) is 0 Å². The van der Waals surface area contributed by atoms with Gasteiger partial charge in [0.05, 0.1) is 55.1 Å². The van der Waals surface area contributed by atoms with Gasteiger partial charge in [0.2, 0.25) is 0 Å². The molecule has 0 amide bonds. The van der Waals surface area contributed by atoms with Crippen LogP contribution in [0, 0.1) is 41.4 Å². The second-order valence-corrected chi connectivity index (χ2v) is 36.3. The number of ether oxygens (including phenoxy) is 9. The van der Waals surface area contributed by atoms with Crippen molar-refractivity contribution in [3.8, 4) is 0 Å². The van der Waals surface area contributed by atoms with Gasteiger partial charge in [-0.05, 0) is 222 Å². The lowest BCUT2D eigenvalue weighted by Gasteiger charge is -2.43. The summed E-state index contributed by atoms with van der Waals surface area (Å²) >= 11 is 0. The molecule has 106 heavy (non-hydrogen) atoms. The standard InChI is InChI=1S/C95H174O11/c1-5-9-13-17-21-25-29-33-37-41-69-98-85-57-45-78(46-58-85)75-102-91-73-84(95(97)106-89-63-55-82(56-64-89)81-51-53-83(54-52-81)94(96)105-90-67-65-88(66-68-90)101-72-44-40-36-32-28-24-20-16-12-8-4)74-92(103-76-79-47-59-86(60-48-79)99-70-42-38-34-30-26-22-18-14-10-6-2)93(91)104-77-80-49-61-87(62-50-80)100-71-43-39-35-31-27-23-19-15-11-7-3/h78-93H,5-77H2,1-4H3. The normalized spacial score (nSPS) is 28.9. The van der Waals surface area contributed by atoms with E-state index in [4.69, 9.17) is 42.6 Å². The van der Waals surface area contributed by atoms with E-state index >= 15 is 0 Å². The Bertz CT molecular complexity index is 1970. The molecular weight excluding hydrogens is 1320 g/mol. The number of hydrogen-bond donors (Lipinski definition) is 0. The van der Waals surface area contributed by atoms with E-state index in [9.17, 15) is 9.59 Å². The largest absolute Gasteiger partial charge is 0.462 e. The van der Waals surface area contributed by atoms with Gasteiger partial charge in [0, 0.05) is 39.6 Å². The van der Waals surface area contributed by atoms with Crippen molar-refractivity contribution in [3.63, 3.8) is 0 Å². The molecule has 7 aliphatic rings. The molecule has 0 aromatic heterocycles. The van der Waals surface area contributed by atoms with E-state index in [0.717, 1.165) is 181 Å². The minimum Gasteiger partial charge on any atom is -0.462 e. The summed E-state index contributed by atoms with van der Waals surface area (Å²) in [5.41, 5.74) is 0. The quantitative estimate of drug-likeness (QED) is 0.0428. The molecule has 0 saturated heterocycles. The molecule has 11 nitrogen and oxygen atoms in total. The highest BCUT2D eigenvalue weighted by molar-refractivity contribution is 5.73. The third-order valence-corrected chi connectivity index (χ3v) is 27.2. The topological polar surface area (TPSA) is 117 Å². The van der Waals surface area contributed by atoms with Crippen LogP contribution in [0.25, 0.3) is 0 Å². The molecule has 0 N–H and O–H groups in total. The average Bonchev–Trinajstić information content (AvgIpc) is 0.803. The molecule has 7 rings (SSSR count). The Kier molecular flexibility index (Phi) is 52.2. The van der Waals surface area contributed by atoms with Gasteiger partial charge in [-0.15, -0.1) is 0 Å². The molecular formula is C95H174O11. The Morgan fingerprint density at radius 1 is 0.226 bits per heavy atom. The lowest BCUT2D eigenvalue weighted by Crippen LogP contribution is -2.52. The maximum absolute atomic E-state index is 14.9. The second kappa shape index (κ2) is 60.2. The summed E-state index contributed by atoms with van der Waals surface area (Å²) in [5, 5.41) is 0. The number of esters is 2. The molecule has 7 saturated carbocycles. The molecule has 0 aromatic carbocycles. The molecule has 2 unspecified atom stereocenters. The van der Waals surface area contributed by atoms with Gasteiger partial charge >= 0.3 is 11.9 Å². The molecule has 0 spiro atoms. The molecule has 0 bridgehead atoms. The van der Waals surface area contributed by atoms with Crippen molar-refractivity contribution in [2.24, 2.45) is 41.4 Å². The van der Waals surface area contributed by atoms with Crippen LogP contribution < -0.4 is 0 Å². The number of carbonyl (C=O) groups is 2. The molecule has 11 heteroatoms.